The number of aryl methyl sites for hydroxylation is 1. The first-order valence-electron chi connectivity index (χ1n) is 7.95. The molecule has 3 rings (SSSR count). The molecule has 5 heteroatoms. The van der Waals surface area contributed by atoms with Gasteiger partial charge in [0.2, 0.25) is 5.91 Å². The zero-order chi connectivity index (χ0) is 17.1. The van der Waals surface area contributed by atoms with Gasteiger partial charge in [0.25, 0.3) is 5.91 Å². The van der Waals surface area contributed by atoms with Crippen LogP contribution in [0.2, 0.25) is 0 Å². The minimum Gasteiger partial charge on any atom is -0.497 e. The van der Waals surface area contributed by atoms with Crippen LogP contribution in [0.3, 0.4) is 0 Å². The van der Waals surface area contributed by atoms with E-state index in [1.807, 2.05) is 25.1 Å². The number of carbonyl (C=O) groups excluding carboxylic acids is 2. The molecule has 0 bridgehead atoms. The first-order chi connectivity index (χ1) is 11.6. The van der Waals surface area contributed by atoms with Crippen molar-refractivity contribution in [1.82, 2.24) is 0 Å². The van der Waals surface area contributed by atoms with Crippen LogP contribution in [0.15, 0.2) is 42.5 Å². The Kier molecular flexibility index (Phi) is 4.51. The molecule has 124 valence electrons. The molecule has 0 spiro atoms. The van der Waals surface area contributed by atoms with Crippen LogP contribution in [-0.4, -0.2) is 25.5 Å². The van der Waals surface area contributed by atoms with Gasteiger partial charge < -0.3 is 15.0 Å². The van der Waals surface area contributed by atoms with Gasteiger partial charge in [-0.05, 0) is 49.2 Å². The van der Waals surface area contributed by atoms with E-state index >= 15 is 0 Å². The summed E-state index contributed by atoms with van der Waals surface area (Å²) in [4.78, 5) is 26.2. The molecule has 1 heterocycles. The fourth-order valence-corrected chi connectivity index (χ4v) is 2.85. The van der Waals surface area contributed by atoms with Crippen LogP contribution in [0.25, 0.3) is 0 Å². The number of methoxy groups -OCH3 is 1. The van der Waals surface area contributed by atoms with Crippen LogP contribution < -0.4 is 15.0 Å². The highest BCUT2D eigenvalue weighted by Crippen LogP contribution is 2.28. The third kappa shape index (κ3) is 3.25. The van der Waals surface area contributed by atoms with E-state index in [2.05, 4.69) is 5.32 Å². The molecule has 1 aliphatic rings. The van der Waals surface area contributed by atoms with Crippen molar-refractivity contribution in [3.63, 3.8) is 0 Å². The molecule has 5 nitrogen and oxygen atoms in total. The quantitative estimate of drug-likeness (QED) is 0.938. The molecule has 0 atom stereocenters. The monoisotopic (exact) mass is 324 g/mol. The number of rotatable bonds is 4. The highest BCUT2D eigenvalue weighted by atomic mass is 16.5. The Morgan fingerprint density at radius 3 is 2.75 bits per heavy atom. The van der Waals surface area contributed by atoms with Crippen molar-refractivity contribution in [2.45, 2.75) is 19.8 Å². The Bertz CT molecular complexity index is 786. The fourth-order valence-electron chi connectivity index (χ4n) is 2.85. The average Bonchev–Trinajstić information content (AvgIpc) is 3.02. The Morgan fingerprint density at radius 2 is 2.04 bits per heavy atom. The van der Waals surface area contributed by atoms with Crippen molar-refractivity contribution in [3.8, 4) is 5.75 Å². The van der Waals surface area contributed by atoms with E-state index in [1.165, 1.54) is 0 Å². The summed E-state index contributed by atoms with van der Waals surface area (Å²) in [6.07, 6.45) is 1.46. The van der Waals surface area contributed by atoms with E-state index in [1.54, 1.807) is 36.3 Å². The van der Waals surface area contributed by atoms with Gasteiger partial charge in [0.1, 0.15) is 5.75 Å². The number of anilines is 2. The van der Waals surface area contributed by atoms with Gasteiger partial charge in [-0.2, -0.15) is 0 Å². The second-order valence-electron chi connectivity index (χ2n) is 5.84. The molecule has 24 heavy (non-hydrogen) atoms. The summed E-state index contributed by atoms with van der Waals surface area (Å²) in [5, 5.41) is 2.88. The van der Waals surface area contributed by atoms with Crippen LogP contribution in [0.4, 0.5) is 11.4 Å². The summed E-state index contributed by atoms with van der Waals surface area (Å²) in [6.45, 7) is 2.70. The molecule has 2 aromatic carbocycles. The van der Waals surface area contributed by atoms with Crippen molar-refractivity contribution < 1.29 is 14.3 Å². The second kappa shape index (κ2) is 6.74. The summed E-state index contributed by atoms with van der Waals surface area (Å²) in [6, 6.07) is 12.6. The van der Waals surface area contributed by atoms with E-state index in [9.17, 15) is 9.59 Å². The standard InChI is InChI=1S/C19H20N2O3/c1-13-8-9-15(12-17(13)21-10-4-7-18(21)22)20-19(23)14-5-3-6-16(11-14)24-2/h3,5-6,8-9,11-12H,4,7,10H2,1-2H3,(H,20,23). The molecule has 2 amide bonds. The number of carbonyl (C=O) groups is 2. The van der Waals surface area contributed by atoms with Crippen LogP contribution in [0.5, 0.6) is 5.75 Å². The topological polar surface area (TPSA) is 58.6 Å². The second-order valence-corrected chi connectivity index (χ2v) is 5.84. The summed E-state index contributed by atoms with van der Waals surface area (Å²) in [5.74, 6) is 0.556. The number of hydrogen-bond acceptors (Lipinski definition) is 3. The lowest BCUT2D eigenvalue weighted by molar-refractivity contribution is -0.117. The number of amides is 2. The largest absolute Gasteiger partial charge is 0.497 e. The first-order valence-corrected chi connectivity index (χ1v) is 7.95. The van der Waals surface area contributed by atoms with E-state index in [0.29, 0.717) is 23.4 Å². The molecular formula is C19H20N2O3. The lowest BCUT2D eigenvalue weighted by atomic mass is 10.1. The lowest BCUT2D eigenvalue weighted by Crippen LogP contribution is -2.24. The maximum Gasteiger partial charge on any atom is 0.255 e. The van der Waals surface area contributed by atoms with Gasteiger partial charge in [-0.15, -0.1) is 0 Å². The summed E-state index contributed by atoms with van der Waals surface area (Å²) in [7, 11) is 1.57. The molecule has 1 saturated heterocycles. The van der Waals surface area contributed by atoms with Gasteiger partial charge in [0.05, 0.1) is 7.11 Å². The van der Waals surface area contributed by atoms with E-state index in [4.69, 9.17) is 4.74 Å². The van der Waals surface area contributed by atoms with Gasteiger partial charge in [-0.1, -0.05) is 12.1 Å². The molecule has 2 aromatic rings. The molecule has 0 saturated carbocycles. The van der Waals surface area contributed by atoms with Crippen LogP contribution in [0.1, 0.15) is 28.8 Å². The summed E-state index contributed by atoms with van der Waals surface area (Å²) < 4.78 is 5.15. The lowest BCUT2D eigenvalue weighted by Gasteiger charge is -2.19. The highest BCUT2D eigenvalue weighted by molar-refractivity contribution is 6.05. The molecule has 1 aliphatic heterocycles. The minimum absolute atomic E-state index is 0.134. The predicted molar refractivity (Wildman–Crippen MR) is 93.7 cm³/mol. The summed E-state index contributed by atoms with van der Waals surface area (Å²) >= 11 is 0. The smallest absolute Gasteiger partial charge is 0.255 e. The van der Waals surface area contributed by atoms with Gasteiger partial charge in [0.15, 0.2) is 0 Å². The number of nitrogens with zero attached hydrogens (tertiary/aromatic N) is 1. The van der Waals surface area contributed by atoms with Gasteiger partial charge >= 0.3 is 0 Å². The van der Waals surface area contributed by atoms with Crippen molar-refractivity contribution in [1.29, 1.82) is 0 Å². The SMILES string of the molecule is COc1cccc(C(=O)Nc2ccc(C)c(N3CCCC3=O)c2)c1. The third-order valence-corrected chi connectivity index (χ3v) is 4.16. The normalized spacial score (nSPS) is 13.9. The highest BCUT2D eigenvalue weighted by Gasteiger charge is 2.23. The fraction of sp³-hybridized carbons (Fsp3) is 0.263. The number of hydrogen-bond donors (Lipinski definition) is 1. The minimum atomic E-state index is -0.212. The number of ether oxygens (including phenoxy) is 1. The van der Waals surface area contributed by atoms with Crippen molar-refractivity contribution in [3.05, 3.63) is 53.6 Å². The predicted octanol–water partition coefficient (Wildman–Crippen LogP) is 3.38. The molecular weight excluding hydrogens is 304 g/mol. The van der Waals surface area contributed by atoms with Crippen LogP contribution >= 0.6 is 0 Å². The van der Waals surface area contributed by atoms with Crippen LogP contribution in [0, 0.1) is 6.92 Å². The Hall–Kier alpha value is -2.82. The van der Waals surface area contributed by atoms with Gasteiger partial charge in [0, 0.05) is 29.9 Å². The Labute approximate surface area is 141 Å². The van der Waals surface area contributed by atoms with Crippen molar-refractivity contribution >= 4 is 23.2 Å². The number of nitrogens with one attached hydrogen (secondary N) is 1. The molecule has 0 aliphatic carbocycles. The van der Waals surface area contributed by atoms with E-state index in [-0.39, 0.29) is 11.8 Å². The maximum atomic E-state index is 12.4. The van der Waals surface area contributed by atoms with E-state index in [0.717, 1.165) is 24.2 Å². The average molecular weight is 324 g/mol. The van der Waals surface area contributed by atoms with Crippen molar-refractivity contribution in [2.24, 2.45) is 0 Å². The summed E-state index contributed by atoms with van der Waals surface area (Å²) in [5.41, 5.74) is 3.07. The van der Waals surface area contributed by atoms with Gasteiger partial charge in [-0.25, -0.2) is 0 Å². The zero-order valence-electron chi connectivity index (χ0n) is 13.8. The molecule has 0 aromatic heterocycles. The first kappa shape index (κ1) is 16.1. The number of benzene rings is 2. The Balaban J connectivity index is 1.82. The molecule has 1 fully saturated rings. The zero-order valence-corrected chi connectivity index (χ0v) is 13.8. The maximum absolute atomic E-state index is 12.4. The third-order valence-electron chi connectivity index (χ3n) is 4.16. The molecule has 1 N–H and O–H groups in total. The Morgan fingerprint density at radius 1 is 1.21 bits per heavy atom. The van der Waals surface area contributed by atoms with Crippen LogP contribution in [-0.2, 0) is 4.79 Å². The van der Waals surface area contributed by atoms with Gasteiger partial charge in [-0.3, -0.25) is 9.59 Å². The van der Waals surface area contributed by atoms with Crippen molar-refractivity contribution in [2.75, 3.05) is 23.9 Å². The molecule has 0 radical (unpaired) electrons. The van der Waals surface area contributed by atoms with E-state index < -0.39 is 0 Å². The molecule has 0 unspecified atom stereocenters.